The molecule has 0 saturated heterocycles. The topological polar surface area (TPSA) is 86.8 Å². The number of nitrogens with one attached hydrogen (secondary N) is 1. The third kappa shape index (κ3) is 8.24. The second-order valence-corrected chi connectivity index (χ2v) is 12.6. The third-order valence-electron chi connectivity index (χ3n) is 7.59. The molecule has 0 bridgehead atoms. The summed E-state index contributed by atoms with van der Waals surface area (Å²) in [6.07, 6.45) is 4.42. The van der Waals surface area contributed by atoms with E-state index < -0.39 is 21.9 Å². The molecule has 3 aromatic rings. The van der Waals surface area contributed by atoms with E-state index in [0.717, 1.165) is 31.2 Å². The summed E-state index contributed by atoms with van der Waals surface area (Å²) in [6, 6.07) is 23.1. The fourth-order valence-electron chi connectivity index (χ4n) is 5.22. The summed E-state index contributed by atoms with van der Waals surface area (Å²) < 4.78 is 41.8. The van der Waals surface area contributed by atoms with Gasteiger partial charge >= 0.3 is 0 Å². The van der Waals surface area contributed by atoms with Gasteiger partial charge in [-0.1, -0.05) is 79.6 Å². The van der Waals surface area contributed by atoms with Crippen LogP contribution in [0.25, 0.3) is 0 Å². The van der Waals surface area contributed by atoms with Crippen LogP contribution in [0.15, 0.2) is 89.8 Å². The van der Waals surface area contributed by atoms with E-state index in [1.54, 1.807) is 36.4 Å². The number of hydrogen-bond acceptors (Lipinski definition) is 4. The second kappa shape index (κ2) is 14.4. The van der Waals surface area contributed by atoms with Crippen molar-refractivity contribution in [2.45, 2.75) is 68.5 Å². The summed E-state index contributed by atoms with van der Waals surface area (Å²) in [7, 11) is -2.22. The number of sulfonamides is 1. The Labute approximate surface area is 242 Å². The summed E-state index contributed by atoms with van der Waals surface area (Å²) >= 11 is 0. The quantitative estimate of drug-likeness (QED) is 0.311. The Morgan fingerprint density at radius 1 is 0.927 bits per heavy atom. The minimum absolute atomic E-state index is 0.00506. The fourth-order valence-corrected chi connectivity index (χ4v) is 6.45. The first kappa shape index (κ1) is 30.4. The van der Waals surface area contributed by atoms with Crippen LogP contribution in [0.1, 0.15) is 49.7 Å². The number of hydrogen-bond donors (Lipinski definition) is 1. The highest BCUT2D eigenvalue weighted by molar-refractivity contribution is 7.89. The summed E-state index contributed by atoms with van der Waals surface area (Å²) in [4.78, 5) is 29.1. The maximum absolute atomic E-state index is 14.8. The van der Waals surface area contributed by atoms with Gasteiger partial charge in [0.2, 0.25) is 21.8 Å². The molecule has 0 radical (unpaired) electrons. The Morgan fingerprint density at radius 2 is 1.54 bits per heavy atom. The molecule has 1 aliphatic rings. The van der Waals surface area contributed by atoms with Crippen molar-refractivity contribution in [3.8, 4) is 0 Å². The monoisotopic (exact) mass is 579 g/mol. The van der Waals surface area contributed by atoms with Gasteiger partial charge in [0.05, 0.1) is 4.90 Å². The molecule has 0 aromatic heterocycles. The largest absolute Gasteiger partial charge is 0.352 e. The van der Waals surface area contributed by atoms with Crippen LogP contribution in [0.5, 0.6) is 0 Å². The van der Waals surface area contributed by atoms with Crippen LogP contribution in [0, 0.1) is 5.82 Å². The standard InChI is InChI=1S/C32H38FN3O4S/c1-35(41(39,40)28-18-6-3-7-19-28)22-12-21-31(37)36(24-26-15-8-11-20-29(26)33)30(23-25-13-4-2-5-14-25)32(38)34-27-16-9-10-17-27/h2-8,11,13-15,18-20,27,30H,9-10,12,16-17,21-24H2,1H3,(H,34,38). The Bertz CT molecular complexity index is 1400. The first-order chi connectivity index (χ1) is 19.8. The first-order valence-corrected chi connectivity index (χ1v) is 15.6. The first-order valence-electron chi connectivity index (χ1n) is 14.1. The molecule has 9 heteroatoms. The van der Waals surface area contributed by atoms with Crippen molar-refractivity contribution in [3.05, 3.63) is 102 Å². The maximum atomic E-state index is 14.8. The number of amides is 2. The molecular weight excluding hydrogens is 541 g/mol. The van der Waals surface area contributed by atoms with Crippen LogP contribution in [0.2, 0.25) is 0 Å². The van der Waals surface area contributed by atoms with Gasteiger partial charge in [-0.15, -0.1) is 0 Å². The minimum Gasteiger partial charge on any atom is -0.352 e. The molecule has 0 heterocycles. The summed E-state index contributed by atoms with van der Waals surface area (Å²) in [5.74, 6) is -1.04. The van der Waals surface area contributed by atoms with E-state index in [-0.39, 0.29) is 55.1 Å². The van der Waals surface area contributed by atoms with E-state index in [4.69, 9.17) is 0 Å². The molecule has 218 valence electrons. The minimum atomic E-state index is -3.70. The van der Waals surface area contributed by atoms with E-state index in [1.807, 2.05) is 30.3 Å². The van der Waals surface area contributed by atoms with Gasteiger partial charge in [0.1, 0.15) is 11.9 Å². The van der Waals surface area contributed by atoms with E-state index in [1.165, 1.54) is 34.5 Å². The molecular formula is C32H38FN3O4S. The molecule has 0 spiro atoms. The van der Waals surface area contributed by atoms with E-state index >= 15 is 0 Å². The molecule has 2 amide bonds. The predicted octanol–water partition coefficient (Wildman–Crippen LogP) is 4.93. The predicted molar refractivity (Wildman–Crippen MR) is 157 cm³/mol. The lowest BCUT2D eigenvalue weighted by molar-refractivity contribution is -0.141. The lowest BCUT2D eigenvalue weighted by atomic mass is 10.0. The van der Waals surface area contributed by atoms with Gasteiger partial charge in [0.25, 0.3) is 0 Å². The maximum Gasteiger partial charge on any atom is 0.243 e. The molecule has 3 aromatic carbocycles. The lowest BCUT2D eigenvalue weighted by Gasteiger charge is -2.32. The van der Waals surface area contributed by atoms with Gasteiger partial charge in [-0.05, 0) is 43.0 Å². The summed E-state index contributed by atoms with van der Waals surface area (Å²) in [5, 5.41) is 3.13. The third-order valence-corrected chi connectivity index (χ3v) is 9.46. The lowest BCUT2D eigenvalue weighted by Crippen LogP contribution is -2.52. The Hall–Kier alpha value is -3.56. The van der Waals surface area contributed by atoms with Crippen LogP contribution in [-0.2, 0) is 32.6 Å². The smallest absolute Gasteiger partial charge is 0.243 e. The molecule has 1 unspecified atom stereocenters. The second-order valence-electron chi connectivity index (χ2n) is 10.6. The van der Waals surface area contributed by atoms with Crippen LogP contribution < -0.4 is 5.32 Å². The SMILES string of the molecule is CN(CCCC(=O)N(Cc1ccccc1F)C(Cc1ccccc1)C(=O)NC1CCCC1)S(=O)(=O)c1ccccc1. The van der Waals surface area contributed by atoms with Gasteiger partial charge in [-0.25, -0.2) is 17.1 Å². The van der Waals surface area contributed by atoms with Crippen LogP contribution >= 0.6 is 0 Å². The molecule has 1 atom stereocenters. The Balaban J connectivity index is 1.55. The molecule has 0 aliphatic heterocycles. The average Bonchev–Trinajstić information content (AvgIpc) is 3.49. The van der Waals surface area contributed by atoms with Crippen LogP contribution in [0.4, 0.5) is 4.39 Å². The van der Waals surface area contributed by atoms with E-state index in [2.05, 4.69) is 5.32 Å². The number of halogens is 1. The number of benzene rings is 3. The van der Waals surface area contributed by atoms with Crippen molar-refractivity contribution >= 4 is 21.8 Å². The van der Waals surface area contributed by atoms with E-state index in [9.17, 15) is 22.4 Å². The zero-order valence-corrected chi connectivity index (χ0v) is 24.2. The fraction of sp³-hybridized carbons (Fsp3) is 0.375. The summed E-state index contributed by atoms with van der Waals surface area (Å²) in [6.45, 7) is 0.0490. The van der Waals surface area contributed by atoms with Gasteiger partial charge in [0, 0.05) is 44.6 Å². The molecule has 1 aliphatic carbocycles. The molecule has 7 nitrogen and oxygen atoms in total. The van der Waals surface area contributed by atoms with Crippen molar-refractivity contribution in [3.63, 3.8) is 0 Å². The zero-order chi connectivity index (χ0) is 29.2. The molecule has 1 fully saturated rings. The molecule has 1 N–H and O–H groups in total. The molecule has 41 heavy (non-hydrogen) atoms. The van der Waals surface area contributed by atoms with Crippen molar-refractivity contribution in [1.29, 1.82) is 0 Å². The number of nitrogens with zero attached hydrogens (tertiary/aromatic N) is 2. The van der Waals surface area contributed by atoms with Crippen LogP contribution in [0.3, 0.4) is 0 Å². The van der Waals surface area contributed by atoms with Crippen molar-refractivity contribution in [2.75, 3.05) is 13.6 Å². The number of carbonyl (C=O) groups excluding carboxylic acids is 2. The van der Waals surface area contributed by atoms with Crippen molar-refractivity contribution < 1.29 is 22.4 Å². The van der Waals surface area contributed by atoms with E-state index in [0.29, 0.717) is 5.56 Å². The Morgan fingerprint density at radius 3 is 2.20 bits per heavy atom. The van der Waals surface area contributed by atoms with Crippen LogP contribution in [-0.4, -0.2) is 55.1 Å². The zero-order valence-electron chi connectivity index (χ0n) is 23.4. The highest BCUT2D eigenvalue weighted by Crippen LogP contribution is 2.22. The average molecular weight is 580 g/mol. The van der Waals surface area contributed by atoms with Crippen molar-refractivity contribution in [2.24, 2.45) is 0 Å². The number of carbonyl (C=O) groups is 2. The highest BCUT2D eigenvalue weighted by atomic mass is 32.2. The normalized spacial score (nSPS) is 14.6. The summed E-state index contributed by atoms with van der Waals surface area (Å²) in [5.41, 5.74) is 1.20. The highest BCUT2D eigenvalue weighted by Gasteiger charge is 2.32. The van der Waals surface area contributed by atoms with Crippen molar-refractivity contribution in [1.82, 2.24) is 14.5 Å². The molecule has 4 rings (SSSR count). The van der Waals surface area contributed by atoms with Gasteiger partial charge in [0.15, 0.2) is 0 Å². The molecule has 1 saturated carbocycles. The van der Waals surface area contributed by atoms with Gasteiger partial charge < -0.3 is 10.2 Å². The van der Waals surface area contributed by atoms with Gasteiger partial charge in [-0.2, -0.15) is 0 Å². The number of rotatable bonds is 13. The Kier molecular flexibility index (Phi) is 10.7. The van der Waals surface area contributed by atoms with Gasteiger partial charge in [-0.3, -0.25) is 9.59 Å².